The zero-order valence-electron chi connectivity index (χ0n) is 17.8. The molecule has 0 spiro atoms. The second-order valence-electron chi connectivity index (χ2n) is 9.44. The Kier molecular flexibility index (Phi) is 7.70. The van der Waals surface area contributed by atoms with E-state index in [4.69, 9.17) is 0 Å². The lowest BCUT2D eigenvalue weighted by atomic mass is 9.70. The number of halogens is 3. The van der Waals surface area contributed by atoms with Gasteiger partial charge < -0.3 is 4.74 Å². The van der Waals surface area contributed by atoms with Gasteiger partial charge in [0.25, 0.3) is 0 Å². The smallest absolute Gasteiger partial charge is 0.406 e. The average Bonchev–Trinajstić information content (AvgIpc) is 2.68. The summed E-state index contributed by atoms with van der Waals surface area (Å²) in [6, 6.07) is 6.32. The molecule has 1 atom stereocenters. The second-order valence-corrected chi connectivity index (χ2v) is 9.44. The Bertz CT molecular complexity index is 652. The first-order chi connectivity index (χ1) is 13.8. The number of hydrogen-bond acceptors (Lipinski definition) is 1. The van der Waals surface area contributed by atoms with Crippen LogP contribution in [0.3, 0.4) is 0 Å². The molecule has 0 heterocycles. The van der Waals surface area contributed by atoms with Gasteiger partial charge in [0.1, 0.15) is 5.75 Å². The number of allylic oxidation sites excluding steroid dienone is 2. The van der Waals surface area contributed by atoms with Gasteiger partial charge in [0.2, 0.25) is 0 Å². The van der Waals surface area contributed by atoms with Gasteiger partial charge in [-0.3, -0.25) is 0 Å². The maximum Gasteiger partial charge on any atom is 0.573 e. The van der Waals surface area contributed by atoms with Crippen molar-refractivity contribution < 1.29 is 17.9 Å². The van der Waals surface area contributed by atoms with Gasteiger partial charge in [-0.1, -0.05) is 64.2 Å². The molecule has 4 heteroatoms. The van der Waals surface area contributed by atoms with Gasteiger partial charge in [-0.25, -0.2) is 0 Å². The molecule has 1 unspecified atom stereocenters. The third-order valence-corrected chi connectivity index (χ3v) is 6.86. The monoisotopic (exact) mass is 408 g/mol. The van der Waals surface area contributed by atoms with Gasteiger partial charge in [-0.2, -0.15) is 0 Å². The van der Waals surface area contributed by atoms with Crippen LogP contribution in [0.15, 0.2) is 30.3 Å². The summed E-state index contributed by atoms with van der Waals surface area (Å²) in [4.78, 5) is 0. The molecule has 0 aliphatic heterocycles. The number of benzene rings is 1. The Balaban J connectivity index is 1.45. The molecule has 3 rings (SSSR count). The molecule has 0 radical (unpaired) electrons. The summed E-state index contributed by atoms with van der Waals surface area (Å²) >= 11 is 0. The molecule has 1 saturated carbocycles. The van der Waals surface area contributed by atoms with Crippen molar-refractivity contribution in [3.8, 4) is 5.75 Å². The van der Waals surface area contributed by atoms with Crippen LogP contribution in [-0.2, 0) is 0 Å². The van der Waals surface area contributed by atoms with Crippen molar-refractivity contribution in [3.63, 3.8) is 0 Å². The highest BCUT2D eigenvalue weighted by molar-refractivity contribution is 5.66. The van der Waals surface area contributed by atoms with Gasteiger partial charge in [0.15, 0.2) is 0 Å². The maximum absolute atomic E-state index is 12.3. The van der Waals surface area contributed by atoms with Crippen LogP contribution in [0, 0.1) is 23.7 Å². The molecular weight excluding hydrogens is 373 g/mol. The number of hydrogen-bond donors (Lipinski definition) is 0. The summed E-state index contributed by atoms with van der Waals surface area (Å²) < 4.78 is 40.9. The molecule has 0 saturated heterocycles. The van der Waals surface area contributed by atoms with Crippen LogP contribution in [0.25, 0.3) is 5.57 Å². The standard InChI is InChI=1S/C25H35F3O/c1-18(2)4-3-5-19-6-8-20(9-7-19)21-10-12-22(13-11-21)23-14-16-24(17-15-23)29-25(26,27)28/h12,14-21H,3-11,13H2,1-2H3. The lowest BCUT2D eigenvalue weighted by Gasteiger charge is -2.35. The number of rotatable bonds is 7. The van der Waals surface area contributed by atoms with E-state index in [1.165, 1.54) is 69.1 Å². The lowest BCUT2D eigenvalue weighted by molar-refractivity contribution is -0.274. The quantitative estimate of drug-likeness (QED) is 0.440. The minimum Gasteiger partial charge on any atom is -0.406 e. The summed E-state index contributed by atoms with van der Waals surface area (Å²) in [6.45, 7) is 4.62. The van der Waals surface area contributed by atoms with E-state index < -0.39 is 6.36 Å². The fourth-order valence-electron chi connectivity index (χ4n) is 5.18. The molecule has 1 fully saturated rings. The Morgan fingerprint density at radius 2 is 1.66 bits per heavy atom. The van der Waals surface area contributed by atoms with E-state index in [9.17, 15) is 13.2 Å². The minimum absolute atomic E-state index is 0.152. The molecule has 0 amide bonds. The van der Waals surface area contributed by atoms with E-state index in [2.05, 4.69) is 24.7 Å². The van der Waals surface area contributed by atoms with Gasteiger partial charge in [-0.05, 0) is 79.0 Å². The minimum atomic E-state index is -4.63. The summed E-state index contributed by atoms with van der Waals surface area (Å²) in [5, 5.41) is 0. The van der Waals surface area contributed by atoms with Gasteiger partial charge in [0, 0.05) is 0 Å². The highest BCUT2D eigenvalue weighted by Gasteiger charge is 2.31. The van der Waals surface area contributed by atoms with E-state index in [-0.39, 0.29) is 5.75 Å². The molecule has 1 aromatic rings. The highest BCUT2D eigenvalue weighted by Crippen LogP contribution is 2.42. The molecule has 2 aliphatic carbocycles. The van der Waals surface area contributed by atoms with E-state index in [0.29, 0.717) is 0 Å². The summed E-state index contributed by atoms with van der Waals surface area (Å²) in [5.74, 6) is 3.25. The van der Waals surface area contributed by atoms with Gasteiger partial charge >= 0.3 is 6.36 Å². The van der Waals surface area contributed by atoms with Crippen molar-refractivity contribution in [2.24, 2.45) is 23.7 Å². The molecule has 1 nitrogen and oxygen atoms in total. The van der Waals surface area contributed by atoms with E-state index in [1.54, 1.807) is 12.1 Å². The zero-order valence-corrected chi connectivity index (χ0v) is 17.8. The third-order valence-electron chi connectivity index (χ3n) is 6.86. The molecular formula is C25H35F3O. The fraction of sp³-hybridized carbons (Fsp3) is 0.680. The van der Waals surface area contributed by atoms with Crippen LogP contribution < -0.4 is 4.74 Å². The average molecular weight is 409 g/mol. The van der Waals surface area contributed by atoms with Crippen LogP contribution in [0.2, 0.25) is 0 Å². The van der Waals surface area contributed by atoms with Crippen molar-refractivity contribution >= 4 is 5.57 Å². The largest absolute Gasteiger partial charge is 0.573 e. The lowest BCUT2D eigenvalue weighted by Crippen LogP contribution is -2.23. The molecule has 1 aromatic carbocycles. The van der Waals surface area contributed by atoms with E-state index in [1.807, 2.05) is 0 Å². The number of alkyl halides is 3. The van der Waals surface area contributed by atoms with Crippen molar-refractivity contribution in [1.82, 2.24) is 0 Å². The first kappa shape index (κ1) is 22.2. The third kappa shape index (κ3) is 7.08. The van der Waals surface area contributed by atoms with Crippen LogP contribution in [0.5, 0.6) is 5.75 Å². The normalized spacial score (nSPS) is 25.7. The second kappa shape index (κ2) is 10.0. The Morgan fingerprint density at radius 3 is 2.21 bits per heavy atom. The van der Waals surface area contributed by atoms with Gasteiger partial charge in [-0.15, -0.1) is 13.2 Å². The van der Waals surface area contributed by atoms with Crippen molar-refractivity contribution in [3.05, 3.63) is 35.9 Å². The summed E-state index contributed by atoms with van der Waals surface area (Å²) in [7, 11) is 0. The van der Waals surface area contributed by atoms with Crippen LogP contribution in [-0.4, -0.2) is 6.36 Å². The van der Waals surface area contributed by atoms with Crippen LogP contribution in [0.4, 0.5) is 13.2 Å². The molecule has 0 N–H and O–H groups in total. The van der Waals surface area contributed by atoms with Crippen molar-refractivity contribution in [2.45, 2.75) is 84.4 Å². The fourth-order valence-corrected chi connectivity index (χ4v) is 5.18. The molecule has 29 heavy (non-hydrogen) atoms. The number of ether oxygens (including phenoxy) is 1. The van der Waals surface area contributed by atoms with Crippen LogP contribution >= 0.6 is 0 Å². The van der Waals surface area contributed by atoms with Crippen molar-refractivity contribution in [1.29, 1.82) is 0 Å². The SMILES string of the molecule is CC(C)CCCC1CCC(C2CC=C(c3ccc(OC(F)(F)F)cc3)CC2)CC1. The van der Waals surface area contributed by atoms with Crippen molar-refractivity contribution in [2.75, 3.05) is 0 Å². The summed E-state index contributed by atoms with van der Waals surface area (Å²) in [5.41, 5.74) is 2.29. The Hall–Kier alpha value is -1.45. The van der Waals surface area contributed by atoms with Gasteiger partial charge in [0.05, 0.1) is 0 Å². The topological polar surface area (TPSA) is 9.23 Å². The molecule has 0 bridgehead atoms. The predicted molar refractivity (Wildman–Crippen MR) is 113 cm³/mol. The first-order valence-electron chi connectivity index (χ1n) is 11.4. The maximum atomic E-state index is 12.3. The molecule has 0 aromatic heterocycles. The first-order valence-corrected chi connectivity index (χ1v) is 11.4. The van der Waals surface area contributed by atoms with E-state index >= 15 is 0 Å². The van der Waals surface area contributed by atoms with Crippen LogP contribution in [0.1, 0.15) is 83.6 Å². The Morgan fingerprint density at radius 1 is 0.966 bits per heavy atom. The van der Waals surface area contributed by atoms with E-state index in [0.717, 1.165) is 42.1 Å². The zero-order chi connectivity index (χ0) is 20.9. The highest BCUT2D eigenvalue weighted by atomic mass is 19.4. The predicted octanol–water partition coefficient (Wildman–Crippen LogP) is 8.40. The summed E-state index contributed by atoms with van der Waals surface area (Å²) in [6.07, 6.45) is 10.7. The Labute approximate surface area is 173 Å². The molecule has 162 valence electrons. The molecule has 2 aliphatic rings.